The van der Waals surface area contributed by atoms with Crippen molar-refractivity contribution in [2.45, 2.75) is 40.7 Å². The zero-order valence-corrected chi connectivity index (χ0v) is 12.4. The van der Waals surface area contributed by atoms with Crippen molar-refractivity contribution in [1.29, 1.82) is 0 Å². The predicted molar refractivity (Wildman–Crippen MR) is 72.3 cm³/mol. The molecule has 1 aliphatic carbocycles. The first-order valence-electron chi connectivity index (χ1n) is 6.31. The largest absolute Gasteiger partial charge is 0.337 e. The van der Waals surface area contributed by atoms with Gasteiger partial charge in [-0.25, -0.2) is 0 Å². The van der Waals surface area contributed by atoms with E-state index in [1.807, 2.05) is 0 Å². The molecule has 0 radical (unpaired) electrons. The van der Waals surface area contributed by atoms with Gasteiger partial charge in [0.25, 0.3) is 0 Å². The van der Waals surface area contributed by atoms with Gasteiger partial charge in [-0.05, 0) is 17.8 Å². The van der Waals surface area contributed by atoms with Crippen LogP contribution in [-0.2, 0) is 4.79 Å². The molecule has 2 aliphatic rings. The fraction of sp³-hybridized carbons (Fsp3) is 0.923. The minimum Gasteiger partial charge on any atom is -0.337 e. The molecule has 0 spiro atoms. The monoisotopic (exact) mass is 260 g/mol. The van der Waals surface area contributed by atoms with Crippen LogP contribution in [0.1, 0.15) is 34.6 Å². The van der Waals surface area contributed by atoms with Crippen molar-refractivity contribution in [3.63, 3.8) is 0 Å². The Kier molecular flexibility index (Phi) is 3.85. The Morgan fingerprint density at radius 2 is 1.76 bits per heavy atom. The average molecular weight is 261 g/mol. The van der Waals surface area contributed by atoms with Gasteiger partial charge in [-0.15, -0.1) is 12.4 Å². The normalized spacial score (nSPS) is 30.6. The smallest absolute Gasteiger partial charge is 0.227 e. The number of halogens is 1. The van der Waals surface area contributed by atoms with Crippen molar-refractivity contribution in [2.24, 2.45) is 16.7 Å². The molecule has 0 bridgehead atoms. The lowest BCUT2D eigenvalue weighted by Gasteiger charge is -2.34. The lowest BCUT2D eigenvalue weighted by Crippen LogP contribution is -2.53. The maximum Gasteiger partial charge on any atom is 0.227 e. The average Bonchev–Trinajstić information content (AvgIpc) is 2.57. The van der Waals surface area contributed by atoms with Crippen LogP contribution in [0.4, 0.5) is 0 Å². The van der Waals surface area contributed by atoms with Gasteiger partial charge in [0.2, 0.25) is 5.91 Å². The topological polar surface area (TPSA) is 32.3 Å². The fourth-order valence-corrected chi connectivity index (χ4v) is 3.15. The first-order valence-corrected chi connectivity index (χ1v) is 6.31. The molecule has 0 aromatic heterocycles. The molecular formula is C13H25ClN2O. The number of carbonyl (C=O) groups excluding carboxylic acids is 1. The van der Waals surface area contributed by atoms with E-state index >= 15 is 0 Å². The zero-order valence-electron chi connectivity index (χ0n) is 11.5. The van der Waals surface area contributed by atoms with Crippen molar-refractivity contribution >= 4 is 18.3 Å². The number of nitrogens with zero attached hydrogens (tertiary/aromatic N) is 1. The first-order chi connectivity index (χ1) is 7.30. The molecular weight excluding hydrogens is 236 g/mol. The summed E-state index contributed by atoms with van der Waals surface area (Å²) in [6, 6.07) is 0.341. The molecule has 0 aromatic rings. The van der Waals surface area contributed by atoms with Gasteiger partial charge in [0.15, 0.2) is 0 Å². The lowest BCUT2D eigenvalue weighted by molar-refractivity contribution is -0.136. The van der Waals surface area contributed by atoms with Gasteiger partial charge in [0.05, 0.1) is 0 Å². The summed E-state index contributed by atoms with van der Waals surface area (Å²) >= 11 is 0. The molecule has 1 atom stereocenters. The maximum atomic E-state index is 12.5. The Morgan fingerprint density at radius 3 is 2.18 bits per heavy atom. The molecule has 2 rings (SSSR count). The molecule has 1 aliphatic heterocycles. The van der Waals surface area contributed by atoms with Crippen LogP contribution in [0.3, 0.4) is 0 Å². The van der Waals surface area contributed by atoms with Crippen LogP contribution in [0.25, 0.3) is 0 Å². The van der Waals surface area contributed by atoms with E-state index in [2.05, 4.69) is 44.8 Å². The highest BCUT2D eigenvalue weighted by molar-refractivity contribution is 5.85. The van der Waals surface area contributed by atoms with Crippen LogP contribution in [0.2, 0.25) is 0 Å². The van der Waals surface area contributed by atoms with E-state index in [9.17, 15) is 4.79 Å². The second-order valence-electron chi connectivity index (χ2n) is 6.46. The van der Waals surface area contributed by atoms with Crippen molar-refractivity contribution in [2.75, 3.05) is 19.6 Å². The molecule has 1 saturated carbocycles. The Morgan fingerprint density at radius 1 is 1.24 bits per heavy atom. The van der Waals surface area contributed by atoms with Gasteiger partial charge in [-0.1, -0.05) is 27.7 Å². The number of carbonyl (C=O) groups is 1. The number of hydrogen-bond acceptors (Lipinski definition) is 2. The predicted octanol–water partition coefficient (Wildman–Crippen LogP) is 1.91. The Bertz CT molecular complexity index is 301. The van der Waals surface area contributed by atoms with Crippen molar-refractivity contribution in [3.05, 3.63) is 0 Å². The summed E-state index contributed by atoms with van der Waals surface area (Å²) in [6.07, 6.45) is 0. The van der Waals surface area contributed by atoms with Gasteiger partial charge in [-0.2, -0.15) is 0 Å². The third kappa shape index (κ3) is 2.08. The highest BCUT2D eigenvalue weighted by atomic mass is 35.5. The summed E-state index contributed by atoms with van der Waals surface area (Å²) in [5, 5.41) is 3.33. The molecule has 4 heteroatoms. The summed E-state index contributed by atoms with van der Waals surface area (Å²) in [4.78, 5) is 14.6. The van der Waals surface area contributed by atoms with Gasteiger partial charge in [-0.3, -0.25) is 4.79 Å². The molecule has 0 unspecified atom stereocenters. The summed E-state index contributed by atoms with van der Waals surface area (Å²) in [5.74, 6) is 0.574. The Hall–Kier alpha value is -0.280. The van der Waals surface area contributed by atoms with Gasteiger partial charge in [0.1, 0.15) is 0 Å². The molecule has 100 valence electrons. The third-order valence-electron chi connectivity index (χ3n) is 5.05. The Labute approximate surface area is 111 Å². The van der Waals surface area contributed by atoms with E-state index in [0.717, 1.165) is 19.6 Å². The Balaban J connectivity index is 0.00000144. The summed E-state index contributed by atoms with van der Waals surface area (Å²) in [7, 11) is 0. The second kappa shape index (κ2) is 4.43. The zero-order chi connectivity index (χ0) is 12.1. The molecule has 3 nitrogen and oxygen atoms in total. The molecule has 1 amide bonds. The number of piperazine rings is 1. The van der Waals surface area contributed by atoms with Crippen molar-refractivity contribution in [3.8, 4) is 0 Å². The van der Waals surface area contributed by atoms with Crippen molar-refractivity contribution < 1.29 is 4.79 Å². The molecule has 0 aromatic carbocycles. The summed E-state index contributed by atoms with van der Waals surface area (Å²) < 4.78 is 0. The first kappa shape index (κ1) is 14.8. The van der Waals surface area contributed by atoms with Crippen LogP contribution in [0, 0.1) is 16.7 Å². The minimum absolute atomic E-state index is 0. The van der Waals surface area contributed by atoms with Crippen molar-refractivity contribution in [1.82, 2.24) is 10.2 Å². The summed E-state index contributed by atoms with van der Waals surface area (Å²) in [5.41, 5.74) is 0.323. The number of hydrogen-bond donors (Lipinski definition) is 1. The second-order valence-corrected chi connectivity index (χ2v) is 6.46. The van der Waals surface area contributed by atoms with Crippen LogP contribution >= 0.6 is 12.4 Å². The molecule has 1 heterocycles. The highest BCUT2D eigenvalue weighted by Crippen LogP contribution is 2.68. The highest BCUT2D eigenvalue weighted by Gasteiger charge is 2.69. The van der Waals surface area contributed by atoms with E-state index in [1.165, 1.54) is 0 Å². The third-order valence-corrected chi connectivity index (χ3v) is 5.05. The molecule has 17 heavy (non-hydrogen) atoms. The molecule has 1 N–H and O–H groups in total. The van der Waals surface area contributed by atoms with E-state index in [4.69, 9.17) is 0 Å². The van der Waals surface area contributed by atoms with Crippen LogP contribution in [0.15, 0.2) is 0 Å². The van der Waals surface area contributed by atoms with Crippen LogP contribution in [-0.4, -0.2) is 36.5 Å². The quantitative estimate of drug-likeness (QED) is 0.781. The molecule has 1 saturated heterocycles. The number of rotatable bonds is 1. The minimum atomic E-state index is 0. The van der Waals surface area contributed by atoms with Gasteiger partial charge >= 0.3 is 0 Å². The van der Waals surface area contributed by atoms with Crippen LogP contribution in [0.5, 0.6) is 0 Å². The van der Waals surface area contributed by atoms with Gasteiger partial charge < -0.3 is 10.2 Å². The maximum absolute atomic E-state index is 12.5. The molecule has 2 fully saturated rings. The standard InChI is InChI=1S/C13H24N2O.ClH/c1-9-8-14-6-7-15(9)11(16)10-12(2,3)13(10,4)5;/h9-10,14H,6-8H2,1-5H3;1H/t9-;/m0./s1. The fourth-order valence-electron chi connectivity index (χ4n) is 3.15. The number of nitrogens with one attached hydrogen (secondary N) is 1. The SMILES string of the molecule is C[C@H]1CNCCN1C(=O)C1C(C)(C)C1(C)C.Cl. The van der Waals surface area contributed by atoms with Gasteiger partial charge in [0, 0.05) is 31.6 Å². The van der Waals surface area contributed by atoms with E-state index < -0.39 is 0 Å². The lowest BCUT2D eigenvalue weighted by atomic mass is 10.0. The number of amides is 1. The van der Waals surface area contributed by atoms with E-state index in [1.54, 1.807) is 0 Å². The van der Waals surface area contributed by atoms with E-state index in [0.29, 0.717) is 11.9 Å². The summed E-state index contributed by atoms with van der Waals surface area (Å²) in [6.45, 7) is 13.7. The van der Waals surface area contributed by atoms with Crippen LogP contribution < -0.4 is 5.32 Å². The van der Waals surface area contributed by atoms with E-state index in [-0.39, 0.29) is 29.2 Å².